The maximum atomic E-state index is 15.0. The smallest absolute Gasteiger partial charge is 0.246 e. The predicted molar refractivity (Wildman–Crippen MR) is 259 cm³/mol. The number of thiazole rings is 1. The Labute approximate surface area is 407 Å². The van der Waals surface area contributed by atoms with Gasteiger partial charge in [-0.1, -0.05) is 79.9 Å². The molecule has 3 aliphatic rings. The molecule has 372 valence electrons. The van der Waals surface area contributed by atoms with E-state index < -0.39 is 53.5 Å². The Kier molecular flexibility index (Phi) is 19.3. The van der Waals surface area contributed by atoms with Crippen molar-refractivity contribution in [1.29, 1.82) is 0 Å². The lowest BCUT2D eigenvalue weighted by molar-refractivity contribution is -0.143. The highest BCUT2D eigenvalue weighted by Gasteiger charge is 2.43. The predicted octanol–water partition coefficient (Wildman–Crippen LogP) is 5.43. The fraction of sp³-hybridized carbons (Fsp3) is 0.510. The van der Waals surface area contributed by atoms with Crippen LogP contribution in [0.15, 0.2) is 78.2 Å². The highest BCUT2D eigenvalue weighted by Crippen LogP contribution is 2.37. The quantitative estimate of drug-likeness (QED) is 0.0699. The molecule has 4 aromatic rings. The molecule has 0 spiro atoms. The number of aromatic nitrogens is 1. The average molecular weight is 974 g/mol. The first kappa shape index (κ1) is 51.3. The molecule has 1 aromatic heterocycles. The van der Waals surface area contributed by atoms with Gasteiger partial charge >= 0.3 is 0 Å². The number of amides is 4. The summed E-state index contributed by atoms with van der Waals surface area (Å²) in [6, 6.07) is 18.4. The topological polar surface area (TPSA) is 173 Å². The summed E-state index contributed by atoms with van der Waals surface area (Å²) in [5.74, 6) is -4.40. The second-order valence-electron chi connectivity index (χ2n) is 17.6. The van der Waals surface area contributed by atoms with Gasteiger partial charge in [0, 0.05) is 43.0 Å². The van der Waals surface area contributed by atoms with E-state index in [2.05, 4.69) is 31.2 Å². The van der Waals surface area contributed by atoms with Crippen LogP contribution in [0.4, 0.5) is 13.9 Å². The standard InChI is InChI=1S/C51H65F2N7O8S/c1-34(54-2)47(61)57-44(37-17-10-5-11-18-37)50(64)60-23-12-19-41(60)48(62)58-45(42(35-13-6-3-7-14-35)36-15-8-4-9-16-36)49(63)55-22-26-65-29-30-67-31-32-68-46-38(20-21-39(52)43(46)53)40-33-69-51(56-40)59-24-27-66-28-25-59/h3-4,6-9,13-16,20-21,33-34,37,41-42,44-45,54H,5,10-12,17-19,22-32H2,1-2H3,(H,55,63)(H,57,61)(H,58,62)/t34?,41-,44?,45?/m0/s1. The number of rotatable bonds is 23. The van der Waals surface area contributed by atoms with Gasteiger partial charge in [0.25, 0.3) is 0 Å². The van der Waals surface area contributed by atoms with Crippen molar-refractivity contribution in [2.75, 3.05) is 84.4 Å². The molecule has 2 saturated heterocycles. The van der Waals surface area contributed by atoms with Crippen molar-refractivity contribution in [3.63, 3.8) is 0 Å². The summed E-state index contributed by atoms with van der Waals surface area (Å²) in [6.07, 6.45) is 5.66. The molecule has 4 N–H and O–H groups in total. The lowest BCUT2D eigenvalue weighted by Crippen LogP contribution is -2.59. The van der Waals surface area contributed by atoms with Crippen LogP contribution in [0.1, 0.15) is 68.9 Å². The zero-order valence-corrected chi connectivity index (χ0v) is 40.3. The minimum atomic E-state index is -1.10. The molecule has 3 heterocycles. The lowest BCUT2D eigenvalue weighted by atomic mass is 9.83. The maximum absolute atomic E-state index is 15.0. The fourth-order valence-electron chi connectivity index (χ4n) is 9.23. The van der Waals surface area contributed by atoms with Crippen LogP contribution in [0.2, 0.25) is 0 Å². The Morgan fingerprint density at radius 2 is 1.46 bits per heavy atom. The molecule has 4 atom stereocenters. The molecule has 7 rings (SSSR count). The van der Waals surface area contributed by atoms with E-state index in [0.29, 0.717) is 56.9 Å². The number of carbonyl (C=O) groups is 4. The van der Waals surface area contributed by atoms with Gasteiger partial charge in [0.1, 0.15) is 24.7 Å². The Hall–Kier alpha value is -5.53. The molecule has 1 saturated carbocycles. The van der Waals surface area contributed by atoms with E-state index in [4.69, 9.17) is 18.9 Å². The van der Waals surface area contributed by atoms with Gasteiger partial charge in [-0.15, -0.1) is 11.3 Å². The first-order valence-corrected chi connectivity index (χ1v) is 25.0. The van der Waals surface area contributed by atoms with Crippen molar-refractivity contribution >= 4 is 40.1 Å². The molecule has 1 aliphatic carbocycles. The Morgan fingerprint density at radius 3 is 2.14 bits per heavy atom. The highest BCUT2D eigenvalue weighted by molar-refractivity contribution is 7.14. The number of halogens is 2. The Morgan fingerprint density at radius 1 is 0.797 bits per heavy atom. The Bertz CT molecular complexity index is 2240. The van der Waals surface area contributed by atoms with E-state index >= 15 is 4.39 Å². The second-order valence-corrected chi connectivity index (χ2v) is 18.4. The van der Waals surface area contributed by atoms with Crippen LogP contribution in [0, 0.1) is 17.6 Å². The number of nitrogens with zero attached hydrogens (tertiary/aromatic N) is 3. The van der Waals surface area contributed by atoms with Crippen LogP contribution in [0.3, 0.4) is 0 Å². The number of anilines is 1. The second kappa shape index (κ2) is 25.9. The summed E-state index contributed by atoms with van der Waals surface area (Å²) >= 11 is 1.42. The fourth-order valence-corrected chi connectivity index (χ4v) is 10.1. The first-order valence-electron chi connectivity index (χ1n) is 24.2. The number of likely N-dealkylation sites (N-methyl/N-ethyl adjacent to an activating group) is 1. The van der Waals surface area contributed by atoms with E-state index in [-0.39, 0.29) is 63.1 Å². The van der Waals surface area contributed by atoms with Gasteiger partial charge in [-0.2, -0.15) is 4.39 Å². The van der Waals surface area contributed by atoms with Crippen LogP contribution in [-0.4, -0.2) is 137 Å². The van der Waals surface area contributed by atoms with Gasteiger partial charge in [-0.25, -0.2) is 9.37 Å². The minimum absolute atomic E-state index is 0.0401. The zero-order chi connectivity index (χ0) is 48.5. The summed E-state index contributed by atoms with van der Waals surface area (Å²) in [5.41, 5.74) is 2.45. The molecular formula is C51H65F2N7O8S. The highest BCUT2D eigenvalue weighted by atomic mass is 32.1. The summed E-state index contributed by atoms with van der Waals surface area (Å²) < 4.78 is 51.9. The van der Waals surface area contributed by atoms with E-state index in [1.165, 1.54) is 17.4 Å². The molecule has 18 heteroatoms. The molecule has 2 aliphatic heterocycles. The van der Waals surface area contributed by atoms with Crippen molar-refractivity contribution in [3.8, 4) is 17.0 Å². The molecule has 0 bridgehead atoms. The third kappa shape index (κ3) is 13.6. The largest absolute Gasteiger partial charge is 0.487 e. The van der Waals surface area contributed by atoms with Crippen molar-refractivity contribution < 1.29 is 46.9 Å². The maximum Gasteiger partial charge on any atom is 0.246 e. The monoisotopic (exact) mass is 973 g/mol. The first-order chi connectivity index (χ1) is 33.6. The zero-order valence-electron chi connectivity index (χ0n) is 39.5. The van der Waals surface area contributed by atoms with Crippen LogP contribution in [0.25, 0.3) is 11.3 Å². The molecule has 0 radical (unpaired) electrons. The van der Waals surface area contributed by atoms with Crippen LogP contribution in [0.5, 0.6) is 5.75 Å². The van der Waals surface area contributed by atoms with Gasteiger partial charge in [0.05, 0.1) is 51.4 Å². The van der Waals surface area contributed by atoms with E-state index in [1.54, 1.807) is 24.3 Å². The van der Waals surface area contributed by atoms with Crippen LogP contribution >= 0.6 is 11.3 Å². The Balaban J connectivity index is 0.941. The number of hydrogen-bond acceptors (Lipinski definition) is 12. The molecular weight excluding hydrogens is 909 g/mol. The van der Waals surface area contributed by atoms with E-state index in [0.717, 1.165) is 54.4 Å². The van der Waals surface area contributed by atoms with E-state index in [9.17, 15) is 23.6 Å². The van der Waals surface area contributed by atoms with Crippen LogP contribution < -0.4 is 30.9 Å². The number of morpholine rings is 1. The third-order valence-electron chi connectivity index (χ3n) is 13.1. The van der Waals surface area contributed by atoms with Gasteiger partial charge in [0.2, 0.25) is 29.4 Å². The number of likely N-dealkylation sites (tertiary alicyclic amines) is 1. The minimum Gasteiger partial charge on any atom is -0.487 e. The molecule has 69 heavy (non-hydrogen) atoms. The third-order valence-corrected chi connectivity index (χ3v) is 14.0. The number of hydrogen-bond donors (Lipinski definition) is 4. The molecule has 15 nitrogen and oxygen atoms in total. The van der Waals surface area contributed by atoms with Gasteiger partial charge < -0.3 is 50.0 Å². The molecule has 3 aromatic carbocycles. The van der Waals surface area contributed by atoms with Gasteiger partial charge in [-0.05, 0) is 68.8 Å². The lowest BCUT2D eigenvalue weighted by Gasteiger charge is -2.36. The summed E-state index contributed by atoms with van der Waals surface area (Å²) in [5, 5.41) is 14.6. The van der Waals surface area contributed by atoms with Crippen molar-refractivity contribution in [2.24, 2.45) is 5.92 Å². The SMILES string of the molecule is CNC(C)C(=O)NC(C(=O)N1CCC[C@H]1C(=O)NC(C(=O)NCCOCCOCCOc1c(-c2csc(N3CCOCC3)n2)ccc(F)c1F)C(c1ccccc1)c1ccccc1)C1CCCCC1. The van der Waals surface area contributed by atoms with Crippen molar-refractivity contribution in [1.82, 2.24) is 31.2 Å². The van der Waals surface area contributed by atoms with Crippen molar-refractivity contribution in [3.05, 3.63) is 101 Å². The van der Waals surface area contributed by atoms with E-state index in [1.807, 2.05) is 60.7 Å². The summed E-state index contributed by atoms with van der Waals surface area (Å²) in [7, 11) is 1.69. The van der Waals surface area contributed by atoms with Gasteiger partial charge in [-0.3, -0.25) is 19.2 Å². The molecule has 4 amide bonds. The number of benzene rings is 3. The number of carbonyl (C=O) groups excluding carboxylic acids is 4. The van der Waals surface area contributed by atoms with Crippen molar-refractivity contribution in [2.45, 2.75) is 82.0 Å². The molecule has 3 fully saturated rings. The number of nitrogens with one attached hydrogen (secondary N) is 4. The number of ether oxygens (including phenoxy) is 4. The summed E-state index contributed by atoms with van der Waals surface area (Å²) in [4.78, 5) is 64.8. The van der Waals surface area contributed by atoms with Crippen LogP contribution in [-0.2, 0) is 33.4 Å². The average Bonchev–Trinajstić information content (AvgIpc) is 4.10. The van der Waals surface area contributed by atoms with Gasteiger partial charge in [0.15, 0.2) is 16.7 Å². The summed E-state index contributed by atoms with van der Waals surface area (Å²) in [6.45, 7) is 5.31. The normalized spacial score (nSPS) is 17.8. The molecule has 3 unspecified atom stereocenters.